The first kappa shape index (κ1) is 27.6. The molecule has 0 saturated carbocycles. The Hall–Kier alpha value is -2.48. The molecule has 0 radical (unpaired) electrons. The number of aliphatic imine (C=N–C) groups is 1. The van der Waals surface area contributed by atoms with Crippen LogP contribution in [0.2, 0.25) is 0 Å². The summed E-state index contributed by atoms with van der Waals surface area (Å²) in [6.07, 6.45) is 0.736. The molecule has 0 spiro atoms. The normalized spacial score (nSPS) is 14.2. The van der Waals surface area contributed by atoms with Gasteiger partial charge in [-0.05, 0) is 42.4 Å². The highest BCUT2D eigenvalue weighted by molar-refractivity contribution is 5.77. The van der Waals surface area contributed by atoms with E-state index in [1.54, 1.807) is 35.0 Å². The lowest BCUT2D eigenvalue weighted by Gasteiger charge is -2.30. The van der Waals surface area contributed by atoms with Crippen LogP contribution in [-0.2, 0) is 20.7 Å². The SMILES string of the molecule is COCCCOc1cc(C[C@@H](C[C@H](N=C([O-])OC(C)(C)C)C(=O)O)C(C)C)ccc1OC. The summed E-state index contributed by atoms with van der Waals surface area (Å²) in [4.78, 5) is 15.6. The van der Waals surface area contributed by atoms with Crippen molar-refractivity contribution < 1.29 is 34.0 Å². The molecule has 0 bridgehead atoms. The van der Waals surface area contributed by atoms with Gasteiger partial charge in [-0.1, -0.05) is 40.7 Å². The number of ether oxygens (including phenoxy) is 4. The Morgan fingerprint density at radius 2 is 1.84 bits per heavy atom. The van der Waals surface area contributed by atoms with Gasteiger partial charge in [-0.25, -0.2) is 4.79 Å². The molecule has 1 N–H and O–H groups in total. The van der Waals surface area contributed by atoms with Crippen molar-refractivity contribution in [2.24, 2.45) is 16.8 Å². The molecule has 0 aliphatic heterocycles. The fourth-order valence-electron chi connectivity index (χ4n) is 3.15. The molecule has 0 aliphatic rings. The Kier molecular flexibility index (Phi) is 11.3. The van der Waals surface area contributed by atoms with E-state index in [4.69, 9.17) is 18.9 Å². The van der Waals surface area contributed by atoms with Crippen molar-refractivity contribution in [1.29, 1.82) is 0 Å². The number of carbonyl (C=O) groups is 1. The number of carboxylic acids is 1. The first-order valence-corrected chi connectivity index (χ1v) is 10.9. The number of hydrogen-bond donors (Lipinski definition) is 1. The lowest BCUT2D eigenvalue weighted by Crippen LogP contribution is -2.35. The quantitative estimate of drug-likeness (QED) is 0.278. The van der Waals surface area contributed by atoms with E-state index >= 15 is 0 Å². The number of rotatable bonds is 13. The van der Waals surface area contributed by atoms with Crippen LogP contribution < -0.4 is 14.6 Å². The molecule has 0 unspecified atom stereocenters. The fraction of sp³-hybridized carbons (Fsp3) is 0.667. The second kappa shape index (κ2) is 13.2. The highest BCUT2D eigenvalue weighted by Gasteiger charge is 2.25. The van der Waals surface area contributed by atoms with Gasteiger partial charge in [0.25, 0.3) is 0 Å². The average Bonchev–Trinajstić information content (AvgIpc) is 2.68. The van der Waals surface area contributed by atoms with E-state index in [1.165, 1.54) is 0 Å². The number of nitrogens with zero attached hydrogens (tertiary/aromatic N) is 1. The predicted octanol–water partition coefficient (Wildman–Crippen LogP) is 3.30. The third-order valence-corrected chi connectivity index (χ3v) is 4.88. The molecule has 0 heterocycles. The van der Waals surface area contributed by atoms with E-state index in [0.29, 0.717) is 31.1 Å². The molecule has 2 atom stereocenters. The van der Waals surface area contributed by atoms with Crippen LogP contribution >= 0.6 is 0 Å². The van der Waals surface area contributed by atoms with Crippen molar-refractivity contribution in [3.63, 3.8) is 0 Å². The standard InChI is InChI=1S/C24H39NO7/c1-16(2)18(15-19(22(26)27)25-23(28)32-24(3,4)5)13-17-9-10-20(30-7)21(14-17)31-12-8-11-29-6/h9-10,14,16,18-19H,8,11-13,15H2,1-7H3,(H,25,28)(H,26,27)/p-1/t18-,19-/m0/s1. The topological polar surface area (TPSA) is 110 Å². The van der Waals surface area contributed by atoms with E-state index in [-0.39, 0.29) is 18.3 Å². The second-order valence-electron chi connectivity index (χ2n) is 9.09. The van der Waals surface area contributed by atoms with Gasteiger partial charge in [0, 0.05) is 25.7 Å². The highest BCUT2D eigenvalue weighted by atomic mass is 16.6. The van der Waals surface area contributed by atoms with E-state index in [0.717, 1.165) is 12.0 Å². The molecule has 0 fully saturated rings. The zero-order valence-electron chi connectivity index (χ0n) is 20.3. The molecule has 182 valence electrons. The van der Waals surface area contributed by atoms with Gasteiger partial charge in [-0.15, -0.1) is 0 Å². The van der Waals surface area contributed by atoms with Crippen LogP contribution in [0.25, 0.3) is 0 Å². The molecule has 32 heavy (non-hydrogen) atoms. The van der Waals surface area contributed by atoms with Crippen LogP contribution in [0.1, 0.15) is 53.0 Å². The van der Waals surface area contributed by atoms with Crippen LogP contribution in [0.4, 0.5) is 0 Å². The summed E-state index contributed by atoms with van der Waals surface area (Å²) in [5.74, 6) is 0.293. The van der Waals surface area contributed by atoms with E-state index < -0.39 is 23.7 Å². The van der Waals surface area contributed by atoms with Crippen molar-refractivity contribution >= 4 is 12.1 Å². The Morgan fingerprint density at radius 3 is 2.38 bits per heavy atom. The van der Waals surface area contributed by atoms with Crippen LogP contribution in [0.15, 0.2) is 23.2 Å². The van der Waals surface area contributed by atoms with E-state index in [1.807, 2.05) is 32.0 Å². The molecule has 8 nitrogen and oxygen atoms in total. The van der Waals surface area contributed by atoms with Gasteiger partial charge in [0.05, 0.1) is 13.7 Å². The van der Waals surface area contributed by atoms with Crippen LogP contribution in [0.5, 0.6) is 11.5 Å². The van der Waals surface area contributed by atoms with Gasteiger partial charge in [-0.3, -0.25) is 4.99 Å². The van der Waals surface area contributed by atoms with Crippen molar-refractivity contribution in [3.05, 3.63) is 23.8 Å². The summed E-state index contributed by atoms with van der Waals surface area (Å²) >= 11 is 0. The molecule has 1 aromatic rings. The van der Waals surface area contributed by atoms with Crippen molar-refractivity contribution in [2.45, 2.75) is 65.5 Å². The van der Waals surface area contributed by atoms with Crippen LogP contribution in [0, 0.1) is 11.8 Å². The van der Waals surface area contributed by atoms with Gasteiger partial charge >= 0.3 is 5.97 Å². The number of hydrogen-bond acceptors (Lipinski definition) is 7. The van der Waals surface area contributed by atoms with Crippen molar-refractivity contribution in [3.8, 4) is 11.5 Å². The van der Waals surface area contributed by atoms with Crippen LogP contribution in [-0.4, -0.2) is 56.2 Å². The van der Waals surface area contributed by atoms with E-state index in [2.05, 4.69) is 4.99 Å². The first-order valence-electron chi connectivity index (χ1n) is 10.9. The van der Waals surface area contributed by atoms with Crippen molar-refractivity contribution in [2.75, 3.05) is 27.4 Å². The van der Waals surface area contributed by atoms with Gasteiger partial charge in [-0.2, -0.15) is 0 Å². The van der Waals surface area contributed by atoms with E-state index in [9.17, 15) is 15.0 Å². The predicted molar refractivity (Wildman–Crippen MR) is 121 cm³/mol. The number of aliphatic carboxylic acids is 1. The minimum absolute atomic E-state index is 0.0166. The maximum atomic E-state index is 12.1. The lowest BCUT2D eigenvalue weighted by atomic mass is 9.84. The molecule has 0 amide bonds. The molecular formula is C24H38NO7-. The summed E-state index contributed by atoms with van der Waals surface area (Å²) in [5, 5.41) is 21.7. The molecule has 0 saturated heterocycles. The Labute approximate surface area is 191 Å². The second-order valence-corrected chi connectivity index (χ2v) is 9.09. The summed E-state index contributed by atoms with van der Waals surface area (Å²) in [7, 11) is 3.23. The van der Waals surface area contributed by atoms with Gasteiger partial charge < -0.3 is 29.2 Å². The number of methoxy groups -OCH3 is 2. The molecule has 0 aromatic heterocycles. The number of carboxylic acid groups (broad SMARTS) is 1. The maximum Gasteiger partial charge on any atom is 0.328 e. The third-order valence-electron chi connectivity index (χ3n) is 4.88. The Bertz CT molecular complexity index is 740. The van der Waals surface area contributed by atoms with Crippen LogP contribution in [0.3, 0.4) is 0 Å². The summed E-state index contributed by atoms with van der Waals surface area (Å²) in [5.41, 5.74) is 0.261. The lowest BCUT2D eigenvalue weighted by molar-refractivity contribution is -0.261. The molecule has 1 rings (SSSR count). The maximum absolute atomic E-state index is 12.1. The number of benzene rings is 1. The minimum Gasteiger partial charge on any atom is -0.595 e. The summed E-state index contributed by atoms with van der Waals surface area (Å²) in [6, 6.07) is 4.54. The molecular weight excluding hydrogens is 414 g/mol. The van der Waals surface area contributed by atoms with Gasteiger partial charge in [0.15, 0.2) is 11.5 Å². The zero-order chi connectivity index (χ0) is 24.3. The van der Waals surface area contributed by atoms with Gasteiger partial charge in [0.1, 0.15) is 12.1 Å². The largest absolute Gasteiger partial charge is 0.595 e. The monoisotopic (exact) mass is 452 g/mol. The summed E-state index contributed by atoms with van der Waals surface area (Å²) in [6.45, 7) is 10.3. The minimum atomic E-state index is -1.17. The molecule has 8 heteroatoms. The molecule has 0 aliphatic carbocycles. The molecule has 1 aromatic carbocycles. The average molecular weight is 453 g/mol. The van der Waals surface area contributed by atoms with Crippen molar-refractivity contribution in [1.82, 2.24) is 0 Å². The zero-order valence-corrected chi connectivity index (χ0v) is 20.3. The smallest absolute Gasteiger partial charge is 0.328 e. The fourth-order valence-corrected chi connectivity index (χ4v) is 3.15. The first-order chi connectivity index (χ1) is 15.0. The van der Waals surface area contributed by atoms with Gasteiger partial charge in [0.2, 0.25) is 0 Å². The highest BCUT2D eigenvalue weighted by Crippen LogP contribution is 2.31. The Balaban J connectivity index is 2.99. The summed E-state index contributed by atoms with van der Waals surface area (Å²) < 4.78 is 21.5. The Morgan fingerprint density at radius 1 is 1.16 bits per heavy atom. The third kappa shape index (κ3) is 10.2.